The normalized spacial score (nSPS) is 25.4. The molecule has 1 amide bonds. The van der Waals surface area contributed by atoms with Gasteiger partial charge in [-0.05, 0) is 117 Å². The first-order valence-corrected chi connectivity index (χ1v) is 25.8. The fraction of sp³-hybridized carbons (Fsp3) is 0.673. The number of aliphatic carboxylic acids is 1. The molecule has 0 spiro atoms. The number of carboxylic acid groups (broad SMARTS) is 1. The summed E-state index contributed by atoms with van der Waals surface area (Å²) in [7, 11) is 1.08. The van der Waals surface area contributed by atoms with E-state index >= 15 is 0 Å². The lowest BCUT2D eigenvalue weighted by molar-refractivity contribution is -0.296. The second-order valence-corrected chi connectivity index (χ2v) is 21.7. The van der Waals surface area contributed by atoms with E-state index < -0.39 is 75.5 Å². The number of hydrogen-bond acceptors (Lipinski definition) is 16. The van der Waals surface area contributed by atoms with E-state index in [1.165, 1.54) is 38.6 Å². The monoisotopic (exact) mass is 1000 g/mol. The second kappa shape index (κ2) is 24.2. The van der Waals surface area contributed by atoms with Gasteiger partial charge in [-0.2, -0.15) is 0 Å². The number of pyridine rings is 1. The highest BCUT2D eigenvalue weighted by Gasteiger charge is 2.55. The molecular formula is C49H77N9O11S. The predicted molar refractivity (Wildman–Crippen MR) is 263 cm³/mol. The SMILES string of the molecule is CC[C@@H](C)[C@@]1(C)OC(=O)N(CCCCn2cc(-c3cccc(N)c3)nn2)[C@@H]1[C@@H](C)NC[C@H](C)C[C@@](C)(OC)[C@H](O[C@@H]1OC(CNS(=O)(=O)c2cccnc2)CC(N(C)C)C1O)[C@@H](C)C(=O)[C@@H](C)C(=O)O. The van der Waals surface area contributed by atoms with E-state index in [-0.39, 0.29) is 47.9 Å². The number of Topliss-reactive ketones (excluding diaryl/α,β-unsaturated/α-hetero) is 1. The summed E-state index contributed by atoms with van der Waals surface area (Å²) in [6.45, 7) is 16.3. The Morgan fingerprint density at radius 2 is 1.83 bits per heavy atom. The molecule has 2 aliphatic heterocycles. The van der Waals surface area contributed by atoms with Crippen LogP contribution in [-0.2, 0) is 45.1 Å². The summed E-state index contributed by atoms with van der Waals surface area (Å²) in [5.41, 5.74) is 6.17. The van der Waals surface area contributed by atoms with Gasteiger partial charge in [-0.25, -0.2) is 17.9 Å². The summed E-state index contributed by atoms with van der Waals surface area (Å²) >= 11 is 0. The number of carbonyl (C=O) groups is 3. The number of aliphatic hydroxyl groups is 1. The van der Waals surface area contributed by atoms with Crippen LogP contribution >= 0.6 is 0 Å². The smallest absolute Gasteiger partial charge is 0.410 e. The van der Waals surface area contributed by atoms with Gasteiger partial charge in [0.1, 0.15) is 28.2 Å². The molecule has 0 radical (unpaired) electrons. The zero-order chi connectivity index (χ0) is 51.7. The molecule has 3 aromatic rings. The van der Waals surface area contributed by atoms with E-state index in [1.807, 2.05) is 56.1 Å². The fourth-order valence-corrected chi connectivity index (χ4v) is 11.0. The number of rotatable bonds is 27. The predicted octanol–water partition coefficient (Wildman–Crippen LogP) is 4.43. The van der Waals surface area contributed by atoms with E-state index in [2.05, 4.69) is 39.2 Å². The molecule has 2 fully saturated rings. The summed E-state index contributed by atoms with van der Waals surface area (Å²) in [6.07, 6.45) is 2.45. The molecule has 1 aromatic carbocycles. The fourth-order valence-electron chi connectivity index (χ4n) is 9.97. The Morgan fingerprint density at radius 1 is 1.11 bits per heavy atom. The van der Waals surface area contributed by atoms with Crippen LogP contribution in [-0.4, -0.2) is 161 Å². The van der Waals surface area contributed by atoms with Gasteiger partial charge in [0.05, 0.1) is 30.0 Å². The lowest BCUT2D eigenvalue weighted by Crippen LogP contribution is -2.60. The van der Waals surface area contributed by atoms with Crippen molar-refractivity contribution in [2.24, 2.45) is 23.7 Å². The van der Waals surface area contributed by atoms with Gasteiger partial charge in [0.15, 0.2) is 12.1 Å². The summed E-state index contributed by atoms with van der Waals surface area (Å²) in [5.74, 6) is -4.45. The van der Waals surface area contributed by atoms with Crippen LogP contribution in [0.5, 0.6) is 0 Å². The highest BCUT2D eigenvalue weighted by Crippen LogP contribution is 2.40. The quantitative estimate of drug-likeness (QED) is 0.0402. The third kappa shape index (κ3) is 13.5. The van der Waals surface area contributed by atoms with Crippen molar-refractivity contribution in [3.8, 4) is 11.3 Å². The maximum absolute atomic E-state index is 13.9. The number of benzene rings is 1. The Balaban J connectivity index is 1.31. The Labute approximate surface area is 413 Å². The molecule has 6 N–H and O–H groups in total. The lowest BCUT2D eigenvalue weighted by Gasteiger charge is -2.47. The van der Waals surface area contributed by atoms with E-state index in [1.54, 1.807) is 37.5 Å². The number of methoxy groups -OCH3 is 1. The van der Waals surface area contributed by atoms with Gasteiger partial charge in [0, 0.05) is 68.4 Å². The number of carboxylic acids is 1. The summed E-state index contributed by atoms with van der Waals surface area (Å²) in [6, 6.07) is 9.32. The minimum atomic E-state index is -3.96. The molecule has 0 aliphatic carbocycles. The van der Waals surface area contributed by atoms with Gasteiger partial charge in [0.2, 0.25) is 10.0 Å². The number of nitrogen functional groups attached to an aromatic ring is 1. The Bertz CT molecular complexity index is 2310. The van der Waals surface area contributed by atoms with Gasteiger partial charge in [-0.1, -0.05) is 45.0 Å². The Hall–Kier alpha value is -4.61. The summed E-state index contributed by atoms with van der Waals surface area (Å²) < 4.78 is 56.2. The third-order valence-corrected chi connectivity index (χ3v) is 15.9. The van der Waals surface area contributed by atoms with E-state index in [0.29, 0.717) is 38.2 Å². The highest BCUT2D eigenvalue weighted by molar-refractivity contribution is 7.89. The Morgan fingerprint density at radius 3 is 2.46 bits per heavy atom. The molecular weight excluding hydrogens is 923 g/mol. The van der Waals surface area contributed by atoms with Crippen LogP contribution in [0.3, 0.4) is 0 Å². The molecule has 2 aromatic heterocycles. The first-order chi connectivity index (χ1) is 33.0. The van der Waals surface area contributed by atoms with E-state index in [4.69, 9.17) is 24.7 Å². The van der Waals surface area contributed by atoms with Crippen molar-refractivity contribution in [2.45, 2.75) is 153 Å². The number of anilines is 1. The van der Waals surface area contributed by atoms with Gasteiger partial charge < -0.3 is 45.1 Å². The third-order valence-electron chi connectivity index (χ3n) is 14.5. The highest BCUT2D eigenvalue weighted by atomic mass is 32.2. The molecule has 0 saturated carbocycles. The van der Waals surface area contributed by atoms with Gasteiger partial charge in [-0.3, -0.25) is 24.2 Å². The molecule has 21 heteroatoms. The van der Waals surface area contributed by atoms with Crippen LogP contribution in [0.2, 0.25) is 0 Å². The lowest BCUT2D eigenvalue weighted by atomic mass is 9.78. The number of ketones is 1. The minimum Gasteiger partial charge on any atom is -0.481 e. The topological polar surface area (TPSA) is 263 Å². The van der Waals surface area contributed by atoms with Gasteiger partial charge >= 0.3 is 12.1 Å². The maximum Gasteiger partial charge on any atom is 0.410 e. The number of nitrogens with zero attached hydrogens (tertiary/aromatic N) is 6. The van der Waals surface area contributed by atoms with Crippen molar-refractivity contribution in [1.29, 1.82) is 0 Å². The minimum absolute atomic E-state index is 0.0237. The average Bonchev–Trinajstić information content (AvgIpc) is 3.91. The van der Waals surface area contributed by atoms with Crippen molar-refractivity contribution in [1.82, 2.24) is 39.8 Å². The number of amides is 1. The molecule has 0 bridgehead atoms. The van der Waals surface area contributed by atoms with Crippen LogP contribution in [0.25, 0.3) is 11.3 Å². The number of nitrogens with two attached hydrogens (primary N) is 1. The molecule has 4 heterocycles. The van der Waals surface area contributed by atoms with Crippen LogP contribution < -0.4 is 15.8 Å². The number of carbonyl (C=O) groups excluding carboxylic acids is 2. The number of hydrogen-bond donors (Lipinski definition) is 5. The summed E-state index contributed by atoms with van der Waals surface area (Å²) in [4.78, 5) is 47.3. The molecule has 2 aliphatic rings. The second-order valence-electron chi connectivity index (χ2n) is 20.0. The molecule has 20 nitrogen and oxygen atoms in total. The van der Waals surface area contributed by atoms with Crippen molar-refractivity contribution < 1.29 is 52.0 Å². The van der Waals surface area contributed by atoms with Crippen molar-refractivity contribution >= 4 is 33.6 Å². The standard InChI is InChI=1S/C49H77N9O11S/c1-12-31(3)49(8)43(58(47(63)69-49)22-14-13-21-57-29-39(54-55-57)35-17-15-18-36(50)23-35)34(6)52-26-30(2)25-48(7,66-11)44(32(4)41(59)33(5)45(61)62)68-46-42(60)40(56(9)10)24-37(67-46)27-53-70(64,65)38-19-16-20-51-28-38/h15-20,23,28-34,37,40,42-44,46,52-53,60H,12-14,21-22,24-27,50H2,1-11H3,(H,61,62)/t30-,31-,32+,33-,34-,37?,40?,42?,43-,44-,46+,48-,49-/m1/s1. The number of unbranched alkanes of at least 4 members (excludes halogenated alkanes) is 1. The van der Waals surface area contributed by atoms with Crippen LogP contribution in [0.1, 0.15) is 87.5 Å². The number of ether oxygens (including phenoxy) is 4. The molecule has 3 unspecified atom stereocenters. The molecule has 390 valence electrons. The number of nitrogens with one attached hydrogen (secondary N) is 2. The van der Waals surface area contributed by atoms with Crippen LogP contribution in [0, 0.1) is 23.7 Å². The number of aromatic nitrogens is 4. The largest absolute Gasteiger partial charge is 0.481 e. The maximum atomic E-state index is 13.9. The van der Waals surface area contributed by atoms with Gasteiger partial charge in [0.25, 0.3) is 0 Å². The number of aliphatic hydroxyl groups excluding tert-OH is 1. The van der Waals surface area contributed by atoms with Crippen LogP contribution in [0.15, 0.2) is 59.9 Å². The van der Waals surface area contributed by atoms with Crippen molar-refractivity contribution in [3.63, 3.8) is 0 Å². The Kier molecular flexibility index (Phi) is 19.5. The first kappa shape index (κ1) is 56.3. The zero-order valence-corrected chi connectivity index (χ0v) is 43.5. The van der Waals surface area contributed by atoms with Gasteiger partial charge in [-0.15, -0.1) is 5.10 Å². The molecule has 5 rings (SSSR count). The van der Waals surface area contributed by atoms with Crippen molar-refractivity contribution in [2.75, 3.05) is 46.6 Å². The molecule has 70 heavy (non-hydrogen) atoms. The number of sulfonamides is 1. The zero-order valence-electron chi connectivity index (χ0n) is 42.6. The molecule has 13 atom stereocenters. The number of aryl methyl sites for hydroxylation is 1. The average molecular weight is 1000 g/mol. The number of cyclic esters (lactones) is 1. The van der Waals surface area contributed by atoms with Crippen molar-refractivity contribution in [3.05, 3.63) is 55.0 Å². The first-order valence-electron chi connectivity index (χ1n) is 24.3. The van der Waals surface area contributed by atoms with E-state index in [0.717, 1.165) is 24.1 Å². The number of likely N-dealkylation sites (N-methyl/N-ethyl adjacent to an activating group) is 1. The molecule has 2 saturated heterocycles. The summed E-state index contributed by atoms with van der Waals surface area (Å²) in [5, 5.41) is 34.0. The van der Waals surface area contributed by atoms with E-state index in [9.17, 15) is 33.0 Å². The van der Waals surface area contributed by atoms with Crippen LogP contribution in [0.4, 0.5) is 10.5 Å².